The van der Waals surface area contributed by atoms with Crippen molar-refractivity contribution in [3.8, 4) is 5.75 Å². The van der Waals surface area contributed by atoms with Crippen LogP contribution in [0.15, 0.2) is 35.5 Å². The standard InChI is InChI=1S/C10H6NO2.Na.H2O4S/c12-10-8-4-2-1-3-7(8)5-6-9(10)11-13;;1-5(2,3)4/h1-4,6,12H;;(H2,1,2,3,4). The van der Waals surface area contributed by atoms with Crippen LogP contribution in [0, 0.1) is 4.91 Å². The number of rotatable bonds is 1. The quantitative estimate of drug-likeness (QED) is 0.410. The van der Waals surface area contributed by atoms with E-state index in [1.807, 2.05) is 18.2 Å². The molecular formula is C10H8NNaO6S. The third kappa shape index (κ3) is 4.86. The van der Waals surface area contributed by atoms with Gasteiger partial charge in [-0.1, -0.05) is 0 Å². The Morgan fingerprint density at radius 1 is 1.11 bits per heavy atom. The predicted octanol–water partition coefficient (Wildman–Crippen LogP) is 1.08. The topological polar surface area (TPSA) is 124 Å². The van der Waals surface area contributed by atoms with Crippen molar-refractivity contribution in [2.45, 2.75) is 0 Å². The molecule has 0 fully saturated rings. The number of phenols is 1. The van der Waals surface area contributed by atoms with E-state index in [0.717, 1.165) is 36.1 Å². The van der Waals surface area contributed by atoms with Gasteiger partial charge in [-0.25, -0.2) is 0 Å². The zero-order valence-corrected chi connectivity index (χ0v) is 12.6. The van der Waals surface area contributed by atoms with Gasteiger partial charge in [0.15, 0.2) is 0 Å². The predicted molar refractivity (Wildman–Crippen MR) is 70.6 cm³/mol. The molecule has 9 heteroatoms. The first-order valence-corrected chi connectivity index (χ1v) is 7.38. The van der Waals surface area contributed by atoms with E-state index < -0.39 is 10.4 Å². The molecule has 0 spiro atoms. The number of nitrogens with zero attached hydrogens (tertiary/aromatic N) is 1. The molecule has 2 aromatic carbocycles. The number of hydrogen-bond donors (Lipinski definition) is 3. The normalized spacial score (nSPS) is 10.7. The van der Waals surface area contributed by atoms with E-state index in [4.69, 9.17) is 17.5 Å². The van der Waals surface area contributed by atoms with Crippen LogP contribution in [0.2, 0.25) is 0 Å². The van der Waals surface area contributed by atoms with E-state index in [9.17, 15) is 10.0 Å². The summed E-state index contributed by atoms with van der Waals surface area (Å²) in [7, 11) is -4.67. The van der Waals surface area contributed by atoms with Gasteiger partial charge >= 0.3 is 109 Å². The molecule has 0 amide bonds. The van der Waals surface area contributed by atoms with E-state index >= 15 is 0 Å². The molecule has 2 aromatic rings. The van der Waals surface area contributed by atoms with Gasteiger partial charge in [-0.3, -0.25) is 9.11 Å². The Balaban J connectivity index is 0.000000312. The van der Waals surface area contributed by atoms with Gasteiger partial charge in [0.2, 0.25) is 0 Å². The van der Waals surface area contributed by atoms with Crippen molar-refractivity contribution >= 4 is 57.6 Å². The number of aromatic hydroxyl groups is 1. The third-order valence-corrected chi connectivity index (χ3v) is 3.13. The van der Waals surface area contributed by atoms with Gasteiger partial charge in [0.05, 0.1) is 0 Å². The van der Waals surface area contributed by atoms with E-state index in [0.29, 0.717) is 5.39 Å². The molecule has 3 N–H and O–H groups in total. The summed E-state index contributed by atoms with van der Waals surface area (Å²) in [6.07, 6.45) is 0. The summed E-state index contributed by atoms with van der Waals surface area (Å²) < 4.78 is 32.7. The Hall–Kier alpha value is -1.03. The molecule has 2 rings (SSSR count). The smallest absolute Gasteiger partial charge is 0.264 e. The van der Waals surface area contributed by atoms with Gasteiger partial charge < -0.3 is 0 Å². The summed E-state index contributed by atoms with van der Waals surface area (Å²) in [4.78, 5) is 10.4. The SMILES string of the molecule is O=Nc1c[c]([Na])c2ccccc2c1O.O=S(=O)(O)O. The van der Waals surface area contributed by atoms with E-state index in [1.54, 1.807) is 12.1 Å². The maximum absolute atomic E-state index is 10.4. The second kappa shape index (κ2) is 6.42. The van der Waals surface area contributed by atoms with Crippen molar-refractivity contribution in [3.05, 3.63) is 35.2 Å². The van der Waals surface area contributed by atoms with Crippen molar-refractivity contribution in [2.24, 2.45) is 5.18 Å². The van der Waals surface area contributed by atoms with E-state index in [2.05, 4.69) is 5.18 Å². The number of fused-ring (bicyclic) bond motifs is 1. The summed E-state index contributed by atoms with van der Waals surface area (Å²) in [6.45, 7) is 0. The first-order chi connectivity index (χ1) is 8.74. The molecule has 0 radical (unpaired) electrons. The van der Waals surface area contributed by atoms with Gasteiger partial charge in [-0.15, -0.1) is 0 Å². The molecule has 0 atom stereocenters. The monoisotopic (exact) mass is 293 g/mol. The number of benzene rings is 2. The molecule has 0 unspecified atom stereocenters. The zero-order chi connectivity index (χ0) is 14.6. The molecule has 19 heavy (non-hydrogen) atoms. The van der Waals surface area contributed by atoms with Crippen molar-refractivity contribution in [1.82, 2.24) is 0 Å². The average molecular weight is 293 g/mol. The molecule has 0 aliphatic rings. The van der Waals surface area contributed by atoms with Crippen LogP contribution < -0.4 is 2.81 Å². The molecule has 0 saturated heterocycles. The van der Waals surface area contributed by atoms with Crippen LogP contribution >= 0.6 is 0 Å². The Morgan fingerprint density at radius 2 is 1.58 bits per heavy atom. The number of phenolic OH excluding ortho intramolecular Hbond substituents is 1. The summed E-state index contributed by atoms with van der Waals surface area (Å²) >= 11 is 0.828. The zero-order valence-electron chi connectivity index (χ0n) is 9.81. The number of nitroso groups, excluding NO2 is 1. The van der Waals surface area contributed by atoms with Crippen molar-refractivity contribution < 1.29 is 22.6 Å². The summed E-state index contributed by atoms with van der Waals surface area (Å²) in [6, 6.07) is 9.12. The molecule has 0 saturated carbocycles. The molecule has 0 bridgehead atoms. The third-order valence-electron chi connectivity index (χ3n) is 2.30. The van der Waals surface area contributed by atoms with Gasteiger partial charge in [0.25, 0.3) is 0 Å². The van der Waals surface area contributed by atoms with Crippen LogP contribution in [-0.4, -0.2) is 50.6 Å². The average Bonchev–Trinajstić information content (AvgIpc) is 2.32. The number of hydrogen-bond acceptors (Lipinski definition) is 5. The van der Waals surface area contributed by atoms with Crippen LogP contribution in [-0.2, 0) is 10.4 Å². The summed E-state index contributed by atoms with van der Waals surface area (Å²) in [5.41, 5.74) is 0.133. The van der Waals surface area contributed by atoms with Gasteiger partial charge in [0, 0.05) is 0 Å². The molecule has 0 aliphatic carbocycles. The van der Waals surface area contributed by atoms with E-state index in [1.165, 1.54) is 0 Å². The minimum absolute atomic E-state index is 0.0183. The van der Waals surface area contributed by atoms with Crippen molar-refractivity contribution in [3.63, 3.8) is 0 Å². The van der Waals surface area contributed by atoms with Gasteiger partial charge in [-0.05, 0) is 0 Å². The van der Waals surface area contributed by atoms with Crippen LogP contribution in [0.3, 0.4) is 0 Å². The first kappa shape index (κ1) is 16.0. The van der Waals surface area contributed by atoms with Crippen LogP contribution in [0.1, 0.15) is 0 Å². The Bertz CT molecular complexity index is 707. The minimum atomic E-state index is -4.67. The van der Waals surface area contributed by atoms with Crippen molar-refractivity contribution in [2.75, 3.05) is 0 Å². The van der Waals surface area contributed by atoms with Crippen molar-refractivity contribution in [1.29, 1.82) is 0 Å². The summed E-state index contributed by atoms with van der Waals surface area (Å²) in [5, 5.41) is 14.2. The second-order valence-electron chi connectivity index (χ2n) is 3.65. The molecule has 0 aromatic heterocycles. The molecule has 7 nitrogen and oxygen atoms in total. The van der Waals surface area contributed by atoms with E-state index in [-0.39, 0.29) is 11.4 Å². The minimum Gasteiger partial charge on any atom is -0.264 e. The second-order valence-corrected chi connectivity index (χ2v) is 5.62. The molecule has 0 aliphatic heterocycles. The van der Waals surface area contributed by atoms with Gasteiger partial charge in [0.1, 0.15) is 0 Å². The fourth-order valence-corrected chi connectivity index (χ4v) is 2.30. The fraction of sp³-hybridized carbons (Fsp3) is 0. The van der Waals surface area contributed by atoms with Gasteiger partial charge in [-0.2, -0.15) is 8.42 Å². The maximum atomic E-state index is 10.4. The first-order valence-electron chi connectivity index (χ1n) is 4.98. The van der Waals surface area contributed by atoms with Crippen LogP contribution in [0.4, 0.5) is 5.69 Å². The fourth-order valence-electron chi connectivity index (χ4n) is 1.59. The summed E-state index contributed by atoms with van der Waals surface area (Å²) in [5.74, 6) is -0.0183. The molecule has 96 valence electrons. The molecule has 0 heterocycles. The van der Waals surface area contributed by atoms with Crippen LogP contribution in [0.25, 0.3) is 10.8 Å². The Morgan fingerprint density at radius 3 is 2.05 bits per heavy atom. The largest absolute Gasteiger partial charge is 0.394 e. The molecular weight excluding hydrogens is 285 g/mol. The maximum Gasteiger partial charge on any atom is 0.394 e. The Kier molecular flexibility index (Phi) is 5.41. The van der Waals surface area contributed by atoms with Crippen LogP contribution in [0.5, 0.6) is 5.75 Å². The Labute approximate surface area is 126 Å².